The predicted molar refractivity (Wildman–Crippen MR) is 82.5 cm³/mol. The molecule has 1 fully saturated rings. The van der Waals surface area contributed by atoms with Gasteiger partial charge in [0.05, 0.1) is 12.7 Å². The molecule has 0 heterocycles. The summed E-state index contributed by atoms with van der Waals surface area (Å²) in [5.74, 6) is 1.82. The van der Waals surface area contributed by atoms with Crippen LogP contribution in [0, 0.1) is 0 Å². The molecule has 3 heteroatoms. The van der Waals surface area contributed by atoms with Crippen molar-refractivity contribution in [2.24, 2.45) is 0 Å². The van der Waals surface area contributed by atoms with E-state index in [-0.39, 0.29) is 0 Å². The monoisotopic (exact) mass is 277 g/mol. The van der Waals surface area contributed by atoms with Crippen molar-refractivity contribution in [2.45, 2.75) is 58.1 Å². The number of hydrogen-bond donors (Lipinski definition) is 1. The number of ether oxygens (including phenoxy) is 2. The van der Waals surface area contributed by atoms with Crippen LogP contribution in [-0.2, 0) is 6.54 Å². The lowest BCUT2D eigenvalue weighted by Crippen LogP contribution is -2.18. The smallest absolute Gasteiger partial charge is 0.166 e. The Morgan fingerprint density at radius 1 is 1.15 bits per heavy atom. The number of hydrogen-bond acceptors (Lipinski definition) is 3. The molecular formula is C17H27NO2. The molecule has 0 saturated heterocycles. The van der Waals surface area contributed by atoms with Gasteiger partial charge in [-0.3, -0.25) is 0 Å². The van der Waals surface area contributed by atoms with Crippen LogP contribution in [0.5, 0.6) is 11.5 Å². The van der Waals surface area contributed by atoms with Gasteiger partial charge in [0.2, 0.25) is 0 Å². The molecule has 0 amide bonds. The van der Waals surface area contributed by atoms with Gasteiger partial charge in [0.1, 0.15) is 0 Å². The first-order valence-corrected chi connectivity index (χ1v) is 7.91. The topological polar surface area (TPSA) is 30.5 Å². The average molecular weight is 277 g/mol. The summed E-state index contributed by atoms with van der Waals surface area (Å²) in [6.07, 6.45) is 7.92. The van der Waals surface area contributed by atoms with E-state index in [0.717, 1.165) is 18.0 Å². The van der Waals surface area contributed by atoms with Gasteiger partial charge < -0.3 is 14.8 Å². The lowest BCUT2D eigenvalue weighted by Gasteiger charge is -2.22. The molecule has 0 atom stereocenters. The number of para-hydroxylation sites is 1. The van der Waals surface area contributed by atoms with Gasteiger partial charge in [-0.25, -0.2) is 0 Å². The van der Waals surface area contributed by atoms with Crippen molar-refractivity contribution in [1.29, 1.82) is 0 Å². The maximum atomic E-state index is 6.34. The molecule has 2 rings (SSSR count). The Morgan fingerprint density at radius 3 is 2.55 bits per heavy atom. The van der Waals surface area contributed by atoms with Crippen LogP contribution in [0.2, 0.25) is 0 Å². The third kappa shape index (κ3) is 4.14. The highest BCUT2D eigenvalue weighted by Crippen LogP contribution is 2.34. The van der Waals surface area contributed by atoms with E-state index in [4.69, 9.17) is 9.47 Å². The lowest BCUT2D eigenvalue weighted by molar-refractivity contribution is 0.171. The van der Waals surface area contributed by atoms with Crippen molar-refractivity contribution in [1.82, 2.24) is 5.32 Å². The Morgan fingerprint density at radius 2 is 1.90 bits per heavy atom. The highest BCUT2D eigenvalue weighted by Gasteiger charge is 2.18. The Hall–Kier alpha value is -1.22. The minimum Gasteiger partial charge on any atom is -0.490 e. The zero-order valence-corrected chi connectivity index (χ0v) is 12.8. The van der Waals surface area contributed by atoms with Crippen molar-refractivity contribution < 1.29 is 9.47 Å². The third-order valence-electron chi connectivity index (χ3n) is 3.81. The van der Waals surface area contributed by atoms with Crippen LogP contribution < -0.4 is 14.8 Å². The van der Waals surface area contributed by atoms with Gasteiger partial charge in [0.15, 0.2) is 11.5 Å². The van der Waals surface area contributed by atoms with Crippen molar-refractivity contribution in [3.8, 4) is 11.5 Å². The zero-order valence-electron chi connectivity index (χ0n) is 12.8. The second kappa shape index (κ2) is 8.15. The summed E-state index contributed by atoms with van der Waals surface area (Å²) in [4.78, 5) is 0. The fourth-order valence-corrected chi connectivity index (χ4v) is 2.82. The second-order valence-corrected chi connectivity index (χ2v) is 5.44. The van der Waals surface area contributed by atoms with Gasteiger partial charge in [-0.2, -0.15) is 0 Å². The fourth-order valence-electron chi connectivity index (χ4n) is 2.82. The van der Waals surface area contributed by atoms with Crippen molar-refractivity contribution in [2.75, 3.05) is 13.7 Å². The Kier molecular flexibility index (Phi) is 6.19. The molecule has 0 unspecified atom stereocenters. The maximum absolute atomic E-state index is 6.34. The Bertz CT molecular complexity index is 374. The molecule has 1 saturated carbocycles. The van der Waals surface area contributed by atoms with Crippen LogP contribution in [0.4, 0.5) is 0 Å². The van der Waals surface area contributed by atoms with E-state index in [2.05, 4.69) is 11.4 Å². The van der Waals surface area contributed by atoms with Crippen LogP contribution in [0.25, 0.3) is 0 Å². The van der Waals surface area contributed by atoms with Crippen LogP contribution in [0.1, 0.15) is 51.0 Å². The molecule has 1 aromatic rings. The molecule has 1 aliphatic rings. The molecule has 1 N–H and O–H groups in total. The van der Waals surface area contributed by atoms with Gasteiger partial charge in [-0.05, 0) is 45.7 Å². The lowest BCUT2D eigenvalue weighted by atomic mass is 10.1. The van der Waals surface area contributed by atoms with E-state index >= 15 is 0 Å². The molecule has 1 aliphatic carbocycles. The number of rotatable bonds is 6. The van der Waals surface area contributed by atoms with Crippen LogP contribution >= 0.6 is 0 Å². The summed E-state index contributed by atoms with van der Waals surface area (Å²) < 4.78 is 12.1. The molecule has 3 nitrogen and oxygen atoms in total. The molecule has 0 spiro atoms. The standard InChI is InChI=1S/C17H27NO2/c1-3-19-16-12-8-9-14(13-18-2)17(16)20-15-10-6-4-5-7-11-15/h8-9,12,15,18H,3-7,10-11,13H2,1-2H3. The molecule has 0 bridgehead atoms. The van der Waals surface area contributed by atoms with E-state index in [1.54, 1.807) is 0 Å². The minimum absolute atomic E-state index is 0.342. The maximum Gasteiger partial charge on any atom is 0.166 e. The first-order valence-electron chi connectivity index (χ1n) is 7.91. The summed E-state index contributed by atoms with van der Waals surface area (Å²) in [7, 11) is 1.96. The largest absolute Gasteiger partial charge is 0.490 e. The normalized spacial score (nSPS) is 16.7. The van der Waals surface area contributed by atoms with Crippen LogP contribution in [-0.4, -0.2) is 19.8 Å². The van der Waals surface area contributed by atoms with Gasteiger partial charge in [0, 0.05) is 12.1 Å². The third-order valence-corrected chi connectivity index (χ3v) is 3.81. The molecule has 20 heavy (non-hydrogen) atoms. The highest BCUT2D eigenvalue weighted by molar-refractivity contribution is 5.46. The first-order chi connectivity index (χ1) is 9.85. The highest BCUT2D eigenvalue weighted by atomic mass is 16.5. The molecule has 0 aliphatic heterocycles. The van der Waals surface area contributed by atoms with Crippen LogP contribution in [0.15, 0.2) is 18.2 Å². The SMILES string of the molecule is CCOc1cccc(CNC)c1OC1CCCCCC1. The van der Waals surface area contributed by atoms with Crippen molar-refractivity contribution in [3.63, 3.8) is 0 Å². The molecule has 0 aromatic heterocycles. The van der Waals surface area contributed by atoms with E-state index in [0.29, 0.717) is 12.7 Å². The van der Waals surface area contributed by atoms with Crippen molar-refractivity contribution in [3.05, 3.63) is 23.8 Å². The van der Waals surface area contributed by atoms with Gasteiger partial charge in [-0.15, -0.1) is 0 Å². The van der Waals surface area contributed by atoms with E-state index in [9.17, 15) is 0 Å². The average Bonchev–Trinajstić information content (AvgIpc) is 2.71. The van der Waals surface area contributed by atoms with Gasteiger partial charge in [-0.1, -0.05) is 25.0 Å². The Balaban J connectivity index is 2.17. The molecule has 112 valence electrons. The summed E-state index contributed by atoms with van der Waals surface area (Å²) in [5.41, 5.74) is 1.18. The zero-order chi connectivity index (χ0) is 14.2. The first kappa shape index (κ1) is 15.2. The summed E-state index contributed by atoms with van der Waals surface area (Å²) >= 11 is 0. The number of benzene rings is 1. The van der Waals surface area contributed by atoms with Crippen molar-refractivity contribution >= 4 is 0 Å². The molecule has 1 aromatic carbocycles. The number of nitrogens with one attached hydrogen (secondary N) is 1. The summed E-state index contributed by atoms with van der Waals surface area (Å²) in [5, 5.41) is 3.21. The summed E-state index contributed by atoms with van der Waals surface area (Å²) in [6.45, 7) is 3.49. The fraction of sp³-hybridized carbons (Fsp3) is 0.647. The van der Waals surface area contributed by atoms with Gasteiger partial charge >= 0.3 is 0 Å². The van der Waals surface area contributed by atoms with E-state index < -0.39 is 0 Å². The molecule has 0 radical (unpaired) electrons. The van der Waals surface area contributed by atoms with E-state index in [1.165, 1.54) is 44.1 Å². The molecular weight excluding hydrogens is 250 g/mol. The summed E-state index contributed by atoms with van der Waals surface area (Å²) in [6, 6.07) is 6.16. The predicted octanol–water partition coefficient (Wildman–Crippen LogP) is 3.91. The Labute approximate surface area is 122 Å². The van der Waals surface area contributed by atoms with Gasteiger partial charge in [0.25, 0.3) is 0 Å². The van der Waals surface area contributed by atoms with Crippen LogP contribution in [0.3, 0.4) is 0 Å². The quantitative estimate of drug-likeness (QED) is 0.800. The van der Waals surface area contributed by atoms with E-state index in [1.807, 2.05) is 26.1 Å². The minimum atomic E-state index is 0.342. The second-order valence-electron chi connectivity index (χ2n) is 5.44.